The quantitative estimate of drug-likeness (QED) is 0.540. The minimum Gasteiger partial charge on any atom is -0.467 e. The number of carbonyl (C=O) groups excluding carboxylic acids is 2. The lowest BCUT2D eigenvalue weighted by atomic mass is 10.3. The molecule has 15 heavy (non-hydrogen) atoms. The summed E-state index contributed by atoms with van der Waals surface area (Å²) in [5, 5.41) is 0. The fraction of sp³-hybridized carbons (Fsp3) is 0.400. The van der Waals surface area contributed by atoms with Crippen molar-refractivity contribution in [3.05, 3.63) is 24.2 Å². The van der Waals surface area contributed by atoms with Crippen LogP contribution in [0.2, 0.25) is 0 Å². The minimum absolute atomic E-state index is 0.00426. The Bertz CT molecular complexity index is 393. The van der Waals surface area contributed by atoms with Gasteiger partial charge in [0.15, 0.2) is 0 Å². The topological polar surface area (TPSA) is 62.9 Å². The summed E-state index contributed by atoms with van der Waals surface area (Å²) in [6.45, 7) is 0.908. The maximum Gasteiger partial charge on any atom is 0.235 e. The Kier molecular flexibility index (Phi) is 2.65. The van der Waals surface area contributed by atoms with Crippen LogP contribution < -0.4 is 0 Å². The highest BCUT2D eigenvalue weighted by molar-refractivity contribution is 5.79. The van der Waals surface area contributed by atoms with Crippen molar-refractivity contribution in [3.8, 4) is 0 Å². The second-order valence-electron chi connectivity index (χ2n) is 3.43. The fourth-order valence-electron chi connectivity index (χ4n) is 1.66. The van der Waals surface area contributed by atoms with Crippen molar-refractivity contribution in [3.63, 3.8) is 0 Å². The number of rotatable bonds is 3. The Morgan fingerprint density at radius 3 is 3.20 bits per heavy atom. The molecular weight excluding hydrogens is 196 g/mol. The zero-order valence-electron chi connectivity index (χ0n) is 8.05. The molecule has 1 fully saturated rings. The van der Waals surface area contributed by atoms with Crippen LogP contribution in [0.1, 0.15) is 12.2 Å². The number of nitrogens with zero attached hydrogens (tertiary/aromatic N) is 2. The van der Waals surface area contributed by atoms with Crippen LogP contribution >= 0.6 is 0 Å². The second kappa shape index (κ2) is 4.11. The zero-order valence-corrected chi connectivity index (χ0v) is 8.05. The summed E-state index contributed by atoms with van der Waals surface area (Å²) in [6, 6.07) is 3.34. The number of isocyanates is 1. The van der Waals surface area contributed by atoms with Crippen LogP contribution in [0, 0.1) is 0 Å². The Labute approximate surface area is 86.4 Å². The summed E-state index contributed by atoms with van der Waals surface area (Å²) < 4.78 is 5.14. The summed E-state index contributed by atoms with van der Waals surface area (Å²) in [5.74, 6) is 0.731. The van der Waals surface area contributed by atoms with Crippen LogP contribution in [-0.4, -0.2) is 29.5 Å². The molecule has 0 aromatic carbocycles. The summed E-state index contributed by atoms with van der Waals surface area (Å²) >= 11 is 0. The smallest absolute Gasteiger partial charge is 0.235 e. The van der Waals surface area contributed by atoms with Gasteiger partial charge >= 0.3 is 0 Å². The first-order valence-electron chi connectivity index (χ1n) is 4.66. The molecule has 1 aliphatic rings. The first-order chi connectivity index (χ1) is 7.29. The number of hydrogen-bond acceptors (Lipinski definition) is 4. The molecule has 5 heteroatoms. The van der Waals surface area contributed by atoms with E-state index in [9.17, 15) is 9.59 Å². The molecule has 1 aliphatic heterocycles. The van der Waals surface area contributed by atoms with Crippen molar-refractivity contribution in [2.24, 2.45) is 4.99 Å². The van der Waals surface area contributed by atoms with Crippen LogP contribution in [0.15, 0.2) is 27.8 Å². The second-order valence-corrected chi connectivity index (χ2v) is 3.43. The first kappa shape index (κ1) is 9.68. The highest BCUT2D eigenvalue weighted by Gasteiger charge is 2.29. The van der Waals surface area contributed by atoms with Crippen LogP contribution in [0.5, 0.6) is 0 Å². The number of likely N-dealkylation sites (tertiary alicyclic amines) is 1. The van der Waals surface area contributed by atoms with E-state index >= 15 is 0 Å². The number of furan rings is 1. The van der Waals surface area contributed by atoms with Gasteiger partial charge in [-0.1, -0.05) is 0 Å². The molecule has 0 aliphatic carbocycles. The van der Waals surface area contributed by atoms with E-state index in [0.29, 0.717) is 13.1 Å². The third kappa shape index (κ3) is 2.14. The van der Waals surface area contributed by atoms with Crippen molar-refractivity contribution in [1.29, 1.82) is 0 Å². The van der Waals surface area contributed by atoms with Gasteiger partial charge in [0, 0.05) is 6.54 Å². The first-order valence-corrected chi connectivity index (χ1v) is 4.66. The van der Waals surface area contributed by atoms with E-state index in [-0.39, 0.29) is 18.4 Å². The molecule has 0 N–H and O–H groups in total. The molecule has 5 nitrogen and oxygen atoms in total. The Morgan fingerprint density at radius 1 is 1.67 bits per heavy atom. The molecule has 0 saturated carbocycles. The Balaban J connectivity index is 1.99. The predicted molar refractivity (Wildman–Crippen MR) is 50.7 cm³/mol. The predicted octanol–water partition coefficient (Wildman–Crippen LogP) is 0.716. The van der Waals surface area contributed by atoms with Crippen molar-refractivity contribution in [2.75, 3.05) is 6.54 Å². The molecule has 1 aromatic heterocycles. The van der Waals surface area contributed by atoms with E-state index < -0.39 is 0 Å². The fourth-order valence-corrected chi connectivity index (χ4v) is 1.66. The van der Waals surface area contributed by atoms with Crippen LogP contribution in [0.3, 0.4) is 0 Å². The summed E-state index contributed by atoms with van der Waals surface area (Å²) in [4.78, 5) is 26.7. The molecule has 2 rings (SSSR count). The zero-order chi connectivity index (χ0) is 10.7. The average molecular weight is 206 g/mol. The van der Waals surface area contributed by atoms with E-state index in [4.69, 9.17) is 4.42 Å². The third-order valence-electron chi connectivity index (χ3n) is 2.36. The molecule has 1 unspecified atom stereocenters. The van der Waals surface area contributed by atoms with Crippen LogP contribution in [0.25, 0.3) is 0 Å². The summed E-state index contributed by atoms with van der Waals surface area (Å²) in [6.07, 6.45) is 3.34. The summed E-state index contributed by atoms with van der Waals surface area (Å²) in [5.41, 5.74) is 0. The molecule has 78 valence electrons. The molecular formula is C10H10N2O3. The van der Waals surface area contributed by atoms with E-state index in [0.717, 1.165) is 5.76 Å². The molecule has 0 radical (unpaired) electrons. The van der Waals surface area contributed by atoms with Crippen molar-refractivity contribution in [2.45, 2.75) is 19.0 Å². The molecule has 2 heterocycles. The SMILES string of the molecule is O=C=NC1CC(=O)N(Cc2ccco2)C1. The number of aliphatic imine (C=N–C) groups is 1. The van der Waals surface area contributed by atoms with E-state index in [2.05, 4.69) is 4.99 Å². The van der Waals surface area contributed by atoms with E-state index in [1.54, 1.807) is 17.2 Å². The monoisotopic (exact) mass is 206 g/mol. The molecule has 1 amide bonds. The van der Waals surface area contributed by atoms with Gasteiger partial charge in [-0.25, -0.2) is 9.79 Å². The van der Waals surface area contributed by atoms with Crippen LogP contribution in [-0.2, 0) is 16.1 Å². The normalized spacial score (nSPS) is 20.4. The van der Waals surface area contributed by atoms with Gasteiger partial charge in [-0.3, -0.25) is 4.79 Å². The lowest BCUT2D eigenvalue weighted by molar-refractivity contribution is -0.128. The number of amides is 1. The van der Waals surface area contributed by atoms with Crippen LogP contribution in [0.4, 0.5) is 0 Å². The molecule has 1 atom stereocenters. The van der Waals surface area contributed by atoms with Crippen molar-refractivity contribution in [1.82, 2.24) is 4.90 Å². The third-order valence-corrected chi connectivity index (χ3v) is 2.36. The van der Waals surface area contributed by atoms with Crippen molar-refractivity contribution >= 4 is 12.0 Å². The van der Waals surface area contributed by atoms with Crippen molar-refractivity contribution < 1.29 is 14.0 Å². The number of hydrogen-bond donors (Lipinski definition) is 0. The Hall–Kier alpha value is -1.87. The molecule has 1 aromatic rings. The standard InChI is InChI=1S/C10H10N2O3/c13-7-11-8-4-10(14)12(5-8)6-9-2-1-3-15-9/h1-3,8H,4-6H2. The highest BCUT2D eigenvalue weighted by atomic mass is 16.3. The van der Waals surface area contributed by atoms with Gasteiger partial charge in [-0.2, -0.15) is 0 Å². The lowest BCUT2D eigenvalue weighted by Gasteiger charge is -2.13. The lowest BCUT2D eigenvalue weighted by Crippen LogP contribution is -2.24. The van der Waals surface area contributed by atoms with Gasteiger partial charge in [0.25, 0.3) is 0 Å². The largest absolute Gasteiger partial charge is 0.467 e. The van der Waals surface area contributed by atoms with Gasteiger partial charge in [0.05, 0.1) is 25.3 Å². The maximum absolute atomic E-state index is 11.5. The van der Waals surface area contributed by atoms with Gasteiger partial charge < -0.3 is 9.32 Å². The van der Waals surface area contributed by atoms with Gasteiger partial charge in [-0.05, 0) is 12.1 Å². The highest BCUT2D eigenvalue weighted by Crippen LogP contribution is 2.17. The summed E-state index contributed by atoms with van der Waals surface area (Å²) in [7, 11) is 0. The van der Waals surface area contributed by atoms with Gasteiger partial charge in [-0.15, -0.1) is 0 Å². The van der Waals surface area contributed by atoms with Gasteiger partial charge in [0.2, 0.25) is 12.0 Å². The number of carbonyl (C=O) groups is 1. The maximum atomic E-state index is 11.5. The molecule has 0 spiro atoms. The average Bonchev–Trinajstić information content (AvgIpc) is 2.79. The van der Waals surface area contributed by atoms with Gasteiger partial charge in [0.1, 0.15) is 5.76 Å². The minimum atomic E-state index is -0.245. The van der Waals surface area contributed by atoms with E-state index in [1.807, 2.05) is 6.07 Å². The molecule has 1 saturated heterocycles. The molecule has 0 bridgehead atoms. The Morgan fingerprint density at radius 2 is 2.53 bits per heavy atom. The van der Waals surface area contributed by atoms with E-state index in [1.165, 1.54) is 6.08 Å².